The molecule has 0 aliphatic rings. The van der Waals surface area contributed by atoms with Gasteiger partial charge in [0.05, 0.1) is 6.61 Å². The number of rotatable bonds is 7. The Hall–Kier alpha value is -1.40. The van der Waals surface area contributed by atoms with E-state index >= 15 is 0 Å². The fourth-order valence-electron chi connectivity index (χ4n) is 1.50. The summed E-state index contributed by atoms with van der Waals surface area (Å²) >= 11 is 4.12. The summed E-state index contributed by atoms with van der Waals surface area (Å²) in [5, 5.41) is 9.20. The van der Waals surface area contributed by atoms with Crippen LogP contribution in [0.15, 0.2) is 12.1 Å². The summed E-state index contributed by atoms with van der Waals surface area (Å²) < 4.78 is 15.4. The van der Waals surface area contributed by atoms with Gasteiger partial charge in [-0.1, -0.05) is 0 Å². The number of carboxylic acid groups (broad SMARTS) is 1. The quantitative estimate of drug-likeness (QED) is 0.588. The number of hydrogen-bond donors (Lipinski definition) is 2. The molecule has 0 amide bonds. The van der Waals surface area contributed by atoms with Crippen LogP contribution < -0.4 is 9.47 Å². The molecule has 0 unspecified atom stereocenters. The van der Waals surface area contributed by atoms with Crippen LogP contribution in [0.5, 0.6) is 11.5 Å². The van der Waals surface area contributed by atoms with Gasteiger partial charge in [-0.2, -0.15) is 12.6 Å². The number of carbonyl (C=O) groups is 1. The van der Waals surface area contributed by atoms with Crippen molar-refractivity contribution in [3.8, 4) is 11.5 Å². The second kappa shape index (κ2) is 7.13. The van der Waals surface area contributed by atoms with Gasteiger partial charge < -0.3 is 19.3 Å². The molecule has 1 aromatic rings. The first-order valence-corrected chi connectivity index (χ1v) is 6.02. The SMILES string of the molecule is CCOc1cc(CS)c(C(=O)O)c(OCOC)c1. The minimum Gasteiger partial charge on any atom is -0.494 e. The van der Waals surface area contributed by atoms with E-state index in [1.807, 2.05) is 6.92 Å². The van der Waals surface area contributed by atoms with Gasteiger partial charge in [0.2, 0.25) is 0 Å². The highest BCUT2D eigenvalue weighted by Gasteiger charge is 2.18. The van der Waals surface area contributed by atoms with E-state index in [1.165, 1.54) is 7.11 Å². The molecule has 0 radical (unpaired) electrons. The van der Waals surface area contributed by atoms with Crippen molar-refractivity contribution < 1.29 is 24.1 Å². The zero-order chi connectivity index (χ0) is 13.5. The lowest BCUT2D eigenvalue weighted by atomic mass is 10.1. The Kier molecular flexibility index (Phi) is 5.80. The maximum absolute atomic E-state index is 11.2. The summed E-state index contributed by atoms with van der Waals surface area (Å²) in [7, 11) is 1.46. The molecule has 0 aromatic heterocycles. The van der Waals surface area contributed by atoms with Crippen molar-refractivity contribution in [2.24, 2.45) is 0 Å². The Morgan fingerprint density at radius 1 is 1.39 bits per heavy atom. The van der Waals surface area contributed by atoms with Crippen LogP contribution in [0.25, 0.3) is 0 Å². The topological polar surface area (TPSA) is 65.0 Å². The summed E-state index contributed by atoms with van der Waals surface area (Å²) in [6.45, 7) is 2.31. The molecule has 0 atom stereocenters. The summed E-state index contributed by atoms with van der Waals surface area (Å²) in [6, 6.07) is 3.19. The first-order valence-electron chi connectivity index (χ1n) is 5.39. The maximum Gasteiger partial charge on any atom is 0.339 e. The molecule has 0 saturated carbocycles. The van der Waals surface area contributed by atoms with E-state index in [-0.39, 0.29) is 23.9 Å². The number of methoxy groups -OCH3 is 1. The summed E-state index contributed by atoms with van der Waals surface area (Å²) in [5.74, 6) is -0.00323. The molecule has 0 heterocycles. The molecule has 0 bridgehead atoms. The highest BCUT2D eigenvalue weighted by Crippen LogP contribution is 2.30. The van der Waals surface area contributed by atoms with Gasteiger partial charge >= 0.3 is 5.97 Å². The van der Waals surface area contributed by atoms with Crippen LogP contribution in [0.1, 0.15) is 22.8 Å². The van der Waals surface area contributed by atoms with Gasteiger partial charge in [0.1, 0.15) is 17.1 Å². The van der Waals surface area contributed by atoms with E-state index in [0.29, 0.717) is 17.9 Å². The lowest BCUT2D eigenvalue weighted by Crippen LogP contribution is -2.09. The van der Waals surface area contributed by atoms with Crippen LogP contribution in [0.2, 0.25) is 0 Å². The third kappa shape index (κ3) is 3.54. The van der Waals surface area contributed by atoms with Crippen molar-refractivity contribution in [3.63, 3.8) is 0 Å². The molecule has 0 aliphatic carbocycles. The maximum atomic E-state index is 11.2. The molecule has 18 heavy (non-hydrogen) atoms. The Labute approximate surface area is 111 Å². The third-order valence-corrected chi connectivity index (χ3v) is 2.53. The van der Waals surface area contributed by atoms with Gasteiger partial charge in [0, 0.05) is 18.9 Å². The van der Waals surface area contributed by atoms with Gasteiger partial charge in [-0.25, -0.2) is 4.79 Å². The van der Waals surface area contributed by atoms with Gasteiger partial charge in [-0.3, -0.25) is 0 Å². The predicted octanol–water partition coefficient (Wildman–Crippen LogP) is 2.20. The van der Waals surface area contributed by atoms with Crippen molar-refractivity contribution in [2.45, 2.75) is 12.7 Å². The summed E-state index contributed by atoms with van der Waals surface area (Å²) in [6.07, 6.45) is 0. The van der Waals surface area contributed by atoms with E-state index in [2.05, 4.69) is 12.6 Å². The Morgan fingerprint density at radius 2 is 2.11 bits per heavy atom. The fourth-order valence-corrected chi connectivity index (χ4v) is 1.75. The van der Waals surface area contributed by atoms with E-state index in [1.54, 1.807) is 12.1 Å². The average Bonchev–Trinajstić information content (AvgIpc) is 2.35. The van der Waals surface area contributed by atoms with Gasteiger partial charge in [-0.05, 0) is 18.6 Å². The molecule has 0 fully saturated rings. The molecule has 6 heteroatoms. The Morgan fingerprint density at radius 3 is 2.61 bits per heavy atom. The molecule has 0 saturated heterocycles. The highest BCUT2D eigenvalue weighted by molar-refractivity contribution is 7.79. The van der Waals surface area contributed by atoms with Crippen LogP contribution in [0.4, 0.5) is 0 Å². The Balaban J connectivity index is 3.22. The van der Waals surface area contributed by atoms with Crippen molar-refractivity contribution in [1.82, 2.24) is 0 Å². The molecule has 0 aliphatic heterocycles. The molecule has 0 spiro atoms. The summed E-state index contributed by atoms with van der Waals surface area (Å²) in [4.78, 5) is 11.2. The molecule has 1 N–H and O–H groups in total. The van der Waals surface area contributed by atoms with Crippen LogP contribution in [-0.4, -0.2) is 31.6 Å². The third-order valence-electron chi connectivity index (χ3n) is 2.18. The van der Waals surface area contributed by atoms with Crippen LogP contribution >= 0.6 is 12.6 Å². The van der Waals surface area contributed by atoms with Crippen molar-refractivity contribution in [1.29, 1.82) is 0 Å². The number of carboxylic acids is 1. The molecule has 5 nitrogen and oxygen atoms in total. The standard InChI is InChI=1S/C12H16O5S/c1-3-16-9-4-8(6-18)11(12(13)14)10(5-9)17-7-15-2/h4-5,18H,3,6-7H2,1-2H3,(H,13,14). The van der Waals surface area contributed by atoms with Crippen LogP contribution in [0.3, 0.4) is 0 Å². The first-order chi connectivity index (χ1) is 8.63. The van der Waals surface area contributed by atoms with Crippen molar-refractivity contribution in [3.05, 3.63) is 23.3 Å². The van der Waals surface area contributed by atoms with E-state index in [9.17, 15) is 9.90 Å². The van der Waals surface area contributed by atoms with Gasteiger partial charge in [-0.15, -0.1) is 0 Å². The van der Waals surface area contributed by atoms with Crippen molar-refractivity contribution in [2.75, 3.05) is 20.5 Å². The van der Waals surface area contributed by atoms with Crippen LogP contribution in [-0.2, 0) is 10.5 Å². The second-order valence-corrected chi connectivity index (χ2v) is 3.72. The smallest absolute Gasteiger partial charge is 0.339 e. The molecular formula is C12H16O5S. The zero-order valence-corrected chi connectivity index (χ0v) is 11.2. The number of hydrogen-bond acceptors (Lipinski definition) is 5. The van der Waals surface area contributed by atoms with E-state index < -0.39 is 5.97 Å². The lowest BCUT2D eigenvalue weighted by Gasteiger charge is -2.14. The minimum absolute atomic E-state index is 0.0259. The van der Waals surface area contributed by atoms with Gasteiger partial charge in [0.25, 0.3) is 0 Å². The number of thiol groups is 1. The molecule has 1 rings (SSSR count). The number of benzene rings is 1. The highest BCUT2D eigenvalue weighted by atomic mass is 32.1. The lowest BCUT2D eigenvalue weighted by molar-refractivity contribution is 0.0481. The van der Waals surface area contributed by atoms with Crippen LogP contribution in [0, 0.1) is 0 Å². The van der Waals surface area contributed by atoms with Gasteiger partial charge in [0.15, 0.2) is 6.79 Å². The molecule has 100 valence electrons. The van der Waals surface area contributed by atoms with Crippen molar-refractivity contribution >= 4 is 18.6 Å². The fraction of sp³-hybridized carbons (Fsp3) is 0.417. The second-order valence-electron chi connectivity index (χ2n) is 3.40. The molecule has 1 aromatic carbocycles. The molecular weight excluding hydrogens is 256 g/mol. The Bertz CT molecular complexity index is 419. The average molecular weight is 272 g/mol. The predicted molar refractivity (Wildman–Crippen MR) is 69.8 cm³/mol. The minimum atomic E-state index is -1.06. The monoisotopic (exact) mass is 272 g/mol. The normalized spacial score (nSPS) is 10.2. The number of ether oxygens (including phenoxy) is 3. The first kappa shape index (κ1) is 14.7. The van der Waals surface area contributed by atoms with E-state index in [4.69, 9.17) is 14.2 Å². The summed E-state index contributed by atoms with van der Waals surface area (Å²) in [5.41, 5.74) is 0.633. The largest absolute Gasteiger partial charge is 0.494 e. The number of aromatic carboxylic acids is 1. The zero-order valence-electron chi connectivity index (χ0n) is 10.3. The van der Waals surface area contributed by atoms with E-state index in [0.717, 1.165) is 0 Å².